The van der Waals surface area contributed by atoms with Gasteiger partial charge < -0.3 is 9.84 Å². The van der Waals surface area contributed by atoms with Crippen LogP contribution in [0.15, 0.2) is 12.1 Å². The molecule has 182 valence electrons. The number of hydrogen-bond donors (Lipinski definition) is 1. The Bertz CT molecular complexity index is 666. The van der Waals surface area contributed by atoms with Crippen LogP contribution in [0.4, 0.5) is 0 Å². The summed E-state index contributed by atoms with van der Waals surface area (Å²) in [5, 5.41) is 9.90. The van der Waals surface area contributed by atoms with E-state index in [2.05, 4.69) is 20.8 Å². The quantitative estimate of drug-likeness (QED) is 0.172. The van der Waals surface area contributed by atoms with Gasteiger partial charge in [-0.15, -0.1) is 0 Å². The highest BCUT2D eigenvalue weighted by Gasteiger charge is 2.23. The zero-order valence-electron chi connectivity index (χ0n) is 20.8. The SMILES string of the molecule is CCCCCCCCCCCCOC(=O)c1ccc(CCCC)c(CCCC)c1C(=O)O. The number of esters is 1. The van der Waals surface area contributed by atoms with E-state index in [1.807, 2.05) is 6.07 Å². The van der Waals surface area contributed by atoms with E-state index in [-0.39, 0.29) is 11.1 Å². The predicted molar refractivity (Wildman–Crippen MR) is 133 cm³/mol. The summed E-state index contributed by atoms with van der Waals surface area (Å²) in [6, 6.07) is 3.59. The molecule has 0 spiro atoms. The minimum absolute atomic E-state index is 0.153. The third-order valence-corrected chi connectivity index (χ3v) is 6.15. The van der Waals surface area contributed by atoms with Gasteiger partial charge in [0.2, 0.25) is 0 Å². The first-order valence-electron chi connectivity index (χ1n) is 13.1. The molecule has 0 unspecified atom stereocenters. The number of ether oxygens (including phenoxy) is 1. The summed E-state index contributed by atoms with van der Waals surface area (Å²) in [5.74, 6) is -1.53. The lowest BCUT2D eigenvalue weighted by Gasteiger charge is -2.16. The molecule has 0 radical (unpaired) electrons. The first-order chi connectivity index (χ1) is 15.6. The molecule has 0 bridgehead atoms. The van der Waals surface area contributed by atoms with Crippen molar-refractivity contribution in [1.82, 2.24) is 0 Å². The van der Waals surface area contributed by atoms with E-state index < -0.39 is 11.9 Å². The molecule has 1 N–H and O–H groups in total. The Balaban J connectivity index is 2.58. The van der Waals surface area contributed by atoms with E-state index >= 15 is 0 Å². The number of aromatic carboxylic acids is 1. The average molecular weight is 447 g/mol. The van der Waals surface area contributed by atoms with Crippen molar-refractivity contribution in [2.24, 2.45) is 0 Å². The van der Waals surface area contributed by atoms with Crippen molar-refractivity contribution in [2.45, 2.75) is 124 Å². The lowest BCUT2D eigenvalue weighted by Crippen LogP contribution is -2.16. The second kappa shape index (κ2) is 17.7. The molecule has 1 aromatic rings. The molecule has 0 atom stereocenters. The fourth-order valence-electron chi connectivity index (χ4n) is 4.18. The Labute approximate surface area is 196 Å². The molecule has 0 fully saturated rings. The molecule has 4 nitrogen and oxygen atoms in total. The molecular formula is C28H46O4. The monoisotopic (exact) mass is 446 g/mol. The van der Waals surface area contributed by atoms with Gasteiger partial charge in [0, 0.05) is 0 Å². The first kappa shape index (κ1) is 28.2. The van der Waals surface area contributed by atoms with Crippen LogP contribution in [0.25, 0.3) is 0 Å². The third kappa shape index (κ3) is 10.7. The van der Waals surface area contributed by atoms with E-state index in [0.717, 1.165) is 56.1 Å². The number of benzene rings is 1. The lowest BCUT2D eigenvalue weighted by atomic mass is 9.90. The molecule has 4 heteroatoms. The number of unbranched alkanes of at least 4 members (excludes halogenated alkanes) is 11. The summed E-state index contributed by atoms with van der Waals surface area (Å²) in [6.45, 7) is 6.82. The molecule has 0 heterocycles. The smallest absolute Gasteiger partial charge is 0.339 e. The molecule has 32 heavy (non-hydrogen) atoms. The zero-order chi connectivity index (χ0) is 23.6. The van der Waals surface area contributed by atoms with Crippen molar-refractivity contribution in [3.63, 3.8) is 0 Å². The average Bonchev–Trinajstić information content (AvgIpc) is 2.79. The van der Waals surface area contributed by atoms with Gasteiger partial charge in [0.1, 0.15) is 0 Å². The predicted octanol–water partition coefficient (Wildman–Crippen LogP) is 8.15. The maximum atomic E-state index is 12.7. The van der Waals surface area contributed by atoms with Crippen molar-refractivity contribution < 1.29 is 19.4 Å². The number of carbonyl (C=O) groups is 2. The van der Waals surface area contributed by atoms with Crippen LogP contribution in [0, 0.1) is 0 Å². The highest BCUT2D eigenvalue weighted by molar-refractivity contribution is 6.03. The highest BCUT2D eigenvalue weighted by atomic mass is 16.5. The molecular weight excluding hydrogens is 400 g/mol. The van der Waals surface area contributed by atoms with Crippen LogP contribution in [0.5, 0.6) is 0 Å². The van der Waals surface area contributed by atoms with E-state index in [0.29, 0.717) is 13.0 Å². The number of hydrogen-bond acceptors (Lipinski definition) is 3. The summed E-state index contributed by atoms with van der Waals surface area (Å²) in [4.78, 5) is 24.8. The number of rotatable bonds is 19. The van der Waals surface area contributed by atoms with Crippen LogP contribution in [-0.2, 0) is 17.6 Å². The fraction of sp³-hybridized carbons (Fsp3) is 0.714. The highest BCUT2D eigenvalue weighted by Crippen LogP contribution is 2.25. The van der Waals surface area contributed by atoms with Gasteiger partial charge in [-0.3, -0.25) is 0 Å². The second-order valence-electron chi connectivity index (χ2n) is 8.96. The molecule has 0 aromatic heterocycles. The van der Waals surface area contributed by atoms with Gasteiger partial charge in [-0.2, -0.15) is 0 Å². The van der Waals surface area contributed by atoms with Gasteiger partial charge in [0.15, 0.2) is 0 Å². The summed E-state index contributed by atoms with van der Waals surface area (Å²) >= 11 is 0. The van der Waals surface area contributed by atoms with Crippen LogP contribution in [-0.4, -0.2) is 23.7 Å². The molecule has 0 amide bonds. The summed E-state index contributed by atoms with van der Waals surface area (Å²) in [7, 11) is 0. The Morgan fingerprint density at radius 1 is 0.719 bits per heavy atom. The minimum Gasteiger partial charge on any atom is -0.478 e. The van der Waals surface area contributed by atoms with Gasteiger partial charge in [0.05, 0.1) is 17.7 Å². The Kier molecular flexibility index (Phi) is 15.6. The van der Waals surface area contributed by atoms with E-state index in [4.69, 9.17) is 4.74 Å². The van der Waals surface area contributed by atoms with Crippen molar-refractivity contribution >= 4 is 11.9 Å². The van der Waals surface area contributed by atoms with Gasteiger partial charge >= 0.3 is 11.9 Å². The number of carbonyl (C=O) groups excluding carboxylic acids is 1. The van der Waals surface area contributed by atoms with Crippen LogP contribution >= 0.6 is 0 Å². The van der Waals surface area contributed by atoms with Crippen LogP contribution in [0.2, 0.25) is 0 Å². The van der Waals surface area contributed by atoms with Gasteiger partial charge in [-0.1, -0.05) is 97.5 Å². The second-order valence-corrected chi connectivity index (χ2v) is 8.96. The van der Waals surface area contributed by atoms with Crippen LogP contribution < -0.4 is 0 Å². The van der Waals surface area contributed by atoms with Crippen molar-refractivity contribution in [3.8, 4) is 0 Å². The summed E-state index contributed by atoms with van der Waals surface area (Å²) in [6.07, 6.45) is 17.7. The van der Waals surface area contributed by atoms with E-state index in [1.165, 1.54) is 51.4 Å². The van der Waals surface area contributed by atoms with E-state index in [1.54, 1.807) is 6.07 Å². The van der Waals surface area contributed by atoms with Crippen molar-refractivity contribution in [1.29, 1.82) is 0 Å². The Hall–Kier alpha value is -1.84. The zero-order valence-corrected chi connectivity index (χ0v) is 20.8. The fourth-order valence-corrected chi connectivity index (χ4v) is 4.18. The topological polar surface area (TPSA) is 63.6 Å². The van der Waals surface area contributed by atoms with Crippen LogP contribution in [0.3, 0.4) is 0 Å². The molecule has 0 saturated carbocycles. The summed E-state index contributed by atoms with van der Waals surface area (Å²) in [5.41, 5.74) is 2.24. The first-order valence-corrected chi connectivity index (χ1v) is 13.1. The van der Waals surface area contributed by atoms with Crippen molar-refractivity contribution in [3.05, 3.63) is 34.4 Å². The van der Waals surface area contributed by atoms with E-state index in [9.17, 15) is 14.7 Å². The molecule has 1 rings (SSSR count). The standard InChI is InChI=1S/C28H46O4/c1-4-7-10-11-12-13-14-15-16-17-22-32-28(31)25-21-20-23(18-8-5-2)24(19-9-6-3)26(25)27(29)30/h20-21H,4-19,22H2,1-3H3,(H,29,30). The Morgan fingerprint density at radius 3 is 1.81 bits per heavy atom. The molecule has 1 aromatic carbocycles. The van der Waals surface area contributed by atoms with Crippen molar-refractivity contribution in [2.75, 3.05) is 6.61 Å². The van der Waals surface area contributed by atoms with Crippen LogP contribution in [0.1, 0.15) is 143 Å². The van der Waals surface area contributed by atoms with Gasteiger partial charge in [-0.05, 0) is 49.3 Å². The molecule has 0 aliphatic heterocycles. The van der Waals surface area contributed by atoms with Gasteiger partial charge in [-0.25, -0.2) is 9.59 Å². The maximum Gasteiger partial charge on any atom is 0.339 e. The number of carboxylic acids is 1. The summed E-state index contributed by atoms with van der Waals surface area (Å²) < 4.78 is 5.47. The van der Waals surface area contributed by atoms with Gasteiger partial charge in [0.25, 0.3) is 0 Å². The lowest BCUT2D eigenvalue weighted by molar-refractivity contribution is 0.0487. The molecule has 0 aliphatic carbocycles. The largest absolute Gasteiger partial charge is 0.478 e. The third-order valence-electron chi connectivity index (χ3n) is 6.15. The minimum atomic E-state index is -1.03. The molecule has 0 aliphatic rings. The molecule has 0 saturated heterocycles. The number of aryl methyl sites for hydroxylation is 1. The normalized spacial score (nSPS) is 11.0. The Morgan fingerprint density at radius 2 is 1.25 bits per heavy atom. The number of carboxylic acid groups (broad SMARTS) is 1. The maximum absolute atomic E-state index is 12.7.